The number of aromatic nitrogens is 2. The smallest absolute Gasteiger partial charge is 0.261 e. The van der Waals surface area contributed by atoms with Crippen molar-refractivity contribution in [1.82, 2.24) is 19.4 Å². The Morgan fingerprint density at radius 3 is 2.67 bits per heavy atom. The van der Waals surface area contributed by atoms with Gasteiger partial charge in [-0.2, -0.15) is 0 Å². The van der Waals surface area contributed by atoms with Gasteiger partial charge in [-0.1, -0.05) is 29.3 Å². The molecule has 1 aromatic carbocycles. The molecule has 0 aliphatic carbocycles. The molecule has 2 bridgehead atoms. The molecule has 27 heavy (non-hydrogen) atoms. The largest absolute Gasteiger partial charge is 0.302 e. The van der Waals surface area contributed by atoms with Crippen molar-refractivity contribution in [3.63, 3.8) is 0 Å². The van der Waals surface area contributed by atoms with Gasteiger partial charge in [-0.3, -0.25) is 14.3 Å². The Morgan fingerprint density at radius 2 is 1.96 bits per heavy atom. The van der Waals surface area contributed by atoms with Crippen LogP contribution in [-0.4, -0.2) is 51.6 Å². The highest BCUT2D eigenvalue weighted by atomic mass is 79.9. The average Bonchev–Trinajstić information content (AvgIpc) is 3.00. The topological polar surface area (TPSA) is 41.4 Å². The Kier molecular flexibility index (Phi) is 5.67. The van der Waals surface area contributed by atoms with E-state index >= 15 is 0 Å². The summed E-state index contributed by atoms with van der Waals surface area (Å²) in [6, 6.07) is 6.68. The maximum Gasteiger partial charge on any atom is 0.261 e. The van der Waals surface area contributed by atoms with Crippen molar-refractivity contribution in [2.75, 3.05) is 26.2 Å². The lowest BCUT2D eigenvalue weighted by Crippen LogP contribution is -2.42. The molecule has 5 rings (SSSR count). The predicted molar refractivity (Wildman–Crippen MR) is 113 cm³/mol. The van der Waals surface area contributed by atoms with E-state index in [0.717, 1.165) is 41.7 Å². The van der Waals surface area contributed by atoms with Crippen LogP contribution in [0.2, 0.25) is 0 Å². The van der Waals surface area contributed by atoms with Gasteiger partial charge in [0.1, 0.15) is 5.82 Å². The third kappa shape index (κ3) is 3.59. The molecule has 0 amide bonds. The first kappa shape index (κ1) is 19.1. The summed E-state index contributed by atoms with van der Waals surface area (Å²) in [5, 5.41) is 0.702. The SMILES string of the molecule is CCC[C@H](c1nc2ccc(Br)cc2c(=O)n1CC)N1CCN2CCC1CC2. The lowest BCUT2D eigenvalue weighted by atomic mass is 10.0. The molecule has 0 radical (unpaired) electrons. The van der Waals surface area contributed by atoms with Crippen molar-refractivity contribution >= 4 is 26.8 Å². The third-order valence-electron chi connectivity index (χ3n) is 6.22. The first-order valence-electron chi connectivity index (χ1n) is 10.3. The minimum absolute atomic E-state index is 0.0859. The predicted octanol–water partition coefficient (Wildman–Crippen LogP) is 3.80. The first-order valence-corrected chi connectivity index (χ1v) is 11.1. The highest BCUT2D eigenvalue weighted by molar-refractivity contribution is 9.10. The van der Waals surface area contributed by atoms with Crippen LogP contribution in [0.3, 0.4) is 0 Å². The van der Waals surface area contributed by atoms with Crippen LogP contribution in [0.4, 0.5) is 0 Å². The number of hydrogen-bond donors (Lipinski definition) is 0. The zero-order valence-corrected chi connectivity index (χ0v) is 17.9. The summed E-state index contributed by atoms with van der Waals surface area (Å²) in [4.78, 5) is 23.5. The molecule has 0 saturated carbocycles. The Balaban J connectivity index is 1.83. The van der Waals surface area contributed by atoms with Gasteiger partial charge in [0.15, 0.2) is 0 Å². The van der Waals surface area contributed by atoms with Crippen molar-refractivity contribution in [1.29, 1.82) is 0 Å². The molecule has 1 aromatic heterocycles. The molecule has 146 valence electrons. The van der Waals surface area contributed by atoms with E-state index in [0.29, 0.717) is 18.0 Å². The number of piperidine rings is 1. The summed E-state index contributed by atoms with van der Waals surface area (Å²) < 4.78 is 2.83. The molecule has 5 nitrogen and oxygen atoms in total. The summed E-state index contributed by atoms with van der Waals surface area (Å²) in [6.45, 7) is 9.58. The van der Waals surface area contributed by atoms with Gasteiger partial charge in [-0.05, 0) is 57.5 Å². The lowest BCUT2D eigenvalue weighted by Gasteiger charge is -2.37. The van der Waals surface area contributed by atoms with E-state index in [1.807, 2.05) is 22.8 Å². The molecule has 0 N–H and O–H groups in total. The van der Waals surface area contributed by atoms with Gasteiger partial charge in [0.2, 0.25) is 0 Å². The van der Waals surface area contributed by atoms with Gasteiger partial charge in [0.05, 0.1) is 16.9 Å². The van der Waals surface area contributed by atoms with Crippen LogP contribution in [0.1, 0.15) is 51.4 Å². The Bertz CT molecular complexity index is 872. The summed E-state index contributed by atoms with van der Waals surface area (Å²) >= 11 is 3.49. The fourth-order valence-corrected chi connectivity index (χ4v) is 5.17. The van der Waals surface area contributed by atoms with Crippen molar-refractivity contribution in [3.05, 3.63) is 38.9 Å². The fourth-order valence-electron chi connectivity index (χ4n) is 4.81. The molecule has 2 aromatic rings. The molecule has 4 heterocycles. The Labute approximate surface area is 169 Å². The maximum absolute atomic E-state index is 13.2. The van der Waals surface area contributed by atoms with Crippen LogP contribution in [0.5, 0.6) is 0 Å². The molecule has 0 unspecified atom stereocenters. The highest BCUT2D eigenvalue weighted by Crippen LogP contribution is 2.32. The molecule has 3 saturated heterocycles. The van der Waals surface area contributed by atoms with Crippen LogP contribution in [0.15, 0.2) is 27.5 Å². The number of halogens is 1. The summed E-state index contributed by atoms with van der Waals surface area (Å²) in [7, 11) is 0. The van der Waals surface area contributed by atoms with E-state index < -0.39 is 0 Å². The second-order valence-corrected chi connectivity index (χ2v) is 8.71. The molecule has 1 atom stereocenters. The maximum atomic E-state index is 13.2. The number of rotatable bonds is 5. The number of benzene rings is 1. The van der Waals surface area contributed by atoms with Crippen LogP contribution in [-0.2, 0) is 6.54 Å². The minimum atomic E-state index is 0.0859. The molecular weight excluding hydrogens is 404 g/mol. The minimum Gasteiger partial charge on any atom is -0.302 e. The monoisotopic (exact) mass is 432 g/mol. The van der Waals surface area contributed by atoms with Crippen LogP contribution >= 0.6 is 15.9 Å². The number of fused-ring (bicyclic) bond motifs is 5. The van der Waals surface area contributed by atoms with E-state index in [2.05, 4.69) is 39.6 Å². The molecule has 0 spiro atoms. The second kappa shape index (κ2) is 8.02. The van der Waals surface area contributed by atoms with Crippen molar-refractivity contribution in [2.24, 2.45) is 0 Å². The van der Waals surface area contributed by atoms with E-state index in [9.17, 15) is 4.79 Å². The number of nitrogens with zero attached hydrogens (tertiary/aromatic N) is 4. The first-order chi connectivity index (χ1) is 13.1. The lowest BCUT2D eigenvalue weighted by molar-refractivity contribution is 0.117. The standard InChI is InChI=1S/C21H29BrN4O/c1-3-5-19(26-13-12-24-10-8-16(26)9-11-24)20-23-18-7-6-15(22)14-17(18)21(27)25(20)4-2/h6-7,14,16,19H,3-5,8-13H2,1-2H3/t19-/m1/s1. The van der Waals surface area contributed by atoms with E-state index in [1.165, 1.54) is 25.9 Å². The highest BCUT2D eigenvalue weighted by Gasteiger charge is 2.35. The van der Waals surface area contributed by atoms with Gasteiger partial charge < -0.3 is 4.90 Å². The zero-order chi connectivity index (χ0) is 19.0. The van der Waals surface area contributed by atoms with Gasteiger partial charge >= 0.3 is 0 Å². The molecule has 3 fully saturated rings. The summed E-state index contributed by atoms with van der Waals surface area (Å²) in [5.41, 5.74) is 0.898. The van der Waals surface area contributed by atoms with Crippen molar-refractivity contribution in [3.8, 4) is 0 Å². The number of hydrogen-bond acceptors (Lipinski definition) is 4. The molecule has 3 aliphatic heterocycles. The third-order valence-corrected chi connectivity index (χ3v) is 6.72. The van der Waals surface area contributed by atoms with Crippen molar-refractivity contribution in [2.45, 2.75) is 58.2 Å². The van der Waals surface area contributed by atoms with Crippen LogP contribution in [0.25, 0.3) is 10.9 Å². The van der Waals surface area contributed by atoms with E-state index in [4.69, 9.17) is 4.98 Å². The van der Waals surface area contributed by atoms with Crippen LogP contribution < -0.4 is 5.56 Å². The molecule has 6 heteroatoms. The zero-order valence-electron chi connectivity index (χ0n) is 16.3. The fraction of sp³-hybridized carbons (Fsp3) is 0.619. The quantitative estimate of drug-likeness (QED) is 0.720. The van der Waals surface area contributed by atoms with Gasteiger partial charge in [-0.25, -0.2) is 4.98 Å². The van der Waals surface area contributed by atoms with Gasteiger partial charge in [0.25, 0.3) is 5.56 Å². The van der Waals surface area contributed by atoms with Gasteiger partial charge in [-0.15, -0.1) is 0 Å². The molecule has 3 aliphatic rings. The van der Waals surface area contributed by atoms with E-state index in [1.54, 1.807) is 0 Å². The average molecular weight is 433 g/mol. The van der Waals surface area contributed by atoms with E-state index in [-0.39, 0.29) is 11.6 Å². The normalized spacial score (nSPS) is 24.3. The van der Waals surface area contributed by atoms with Crippen molar-refractivity contribution < 1.29 is 0 Å². The Hall–Kier alpha value is -1.24. The second-order valence-electron chi connectivity index (χ2n) is 7.80. The van der Waals surface area contributed by atoms with Gasteiger partial charge in [0, 0.05) is 30.1 Å². The molecular formula is C21H29BrN4O. The Morgan fingerprint density at radius 1 is 1.19 bits per heavy atom. The summed E-state index contributed by atoms with van der Waals surface area (Å²) in [5.74, 6) is 0.958. The summed E-state index contributed by atoms with van der Waals surface area (Å²) in [6.07, 6.45) is 4.61. The van der Waals surface area contributed by atoms with Crippen LogP contribution in [0, 0.1) is 0 Å².